The lowest BCUT2D eigenvalue weighted by molar-refractivity contribution is 0.248. The Bertz CT molecular complexity index is 533. The van der Waals surface area contributed by atoms with E-state index in [4.69, 9.17) is 0 Å². The molecule has 0 saturated carbocycles. The van der Waals surface area contributed by atoms with Crippen LogP contribution < -0.4 is 0 Å². The molecule has 2 nitrogen and oxygen atoms in total. The molecule has 0 amide bonds. The van der Waals surface area contributed by atoms with Crippen LogP contribution in [0.25, 0.3) is 0 Å². The second-order valence-corrected chi connectivity index (χ2v) is 6.32. The van der Waals surface area contributed by atoms with Crippen LogP contribution in [0.1, 0.15) is 28.6 Å². The molecule has 0 aliphatic heterocycles. The number of aryl methyl sites for hydroxylation is 2. The first-order chi connectivity index (χ1) is 9.06. The fourth-order valence-electron chi connectivity index (χ4n) is 2.12. The van der Waals surface area contributed by atoms with E-state index in [1.807, 2.05) is 23.6 Å². The molecule has 0 saturated heterocycles. The summed E-state index contributed by atoms with van der Waals surface area (Å²) < 4.78 is 0. The first-order valence-electron chi connectivity index (χ1n) is 6.71. The van der Waals surface area contributed by atoms with Crippen molar-refractivity contribution in [2.24, 2.45) is 0 Å². The number of pyridine rings is 1. The van der Waals surface area contributed by atoms with Gasteiger partial charge < -0.3 is 0 Å². The maximum absolute atomic E-state index is 4.45. The van der Waals surface area contributed by atoms with Gasteiger partial charge in [0.05, 0.1) is 0 Å². The third-order valence-electron chi connectivity index (χ3n) is 3.59. The van der Waals surface area contributed by atoms with Crippen LogP contribution in [-0.2, 0) is 13.0 Å². The number of rotatable bonds is 5. The molecule has 2 aromatic heterocycles. The van der Waals surface area contributed by atoms with E-state index in [1.54, 1.807) is 0 Å². The summed E-state index contributed by atoms with van der Waals surface area (Å²) in [6, 6.07) is 6.92. The lowest BCUT2D eigenvalue weighted by atomic mass is 10.1. The van der Waals surface area contributed by atoms with Crippen molar-refractivity contribution in [2.75, 3.05) is 7.05 Å². The van der Waals surface area contributed by atoms with Crippen LogP contribution in [0, 0.1) is 13.8 Å². The number of aromatic nitrogens is 1. The topological polar surface area (TPSA) is 16.1 Å². The molecule has 0 bridgehead atoms. The summed E-state index contributed by atoms with van der Waals surface area (Å²) in [4.78, 5) is 8.32. The summed E-state index contributed by atoms with van der Waals surface area (Å²) >= 11 is 1.85. The zero-order valence-electron chi connectivity index (χ0n) is 12.2. The number of likely N-dealkylation sites (N-methyl/N-ethyl adjacent to an activating group) is 1. The highest BCUT2D eigenvalue weighted by molar-refractivity contribution is 7.10. The van der Waals surface area contributed by atoms with E-state index in [0.29, 0.717) is 6.04 Å². The highest BCUT2D eigenvalue weighted by Crippen LogP contribution is 2.19. The predicted molar refractivity (Wildman–Crippen MR) is 82.7 cm³/mol. The van der Waals surface area contributed by atoms with Crippen LogP contribution >= 0.6 is 11.3 Å². The second-order valence-electron chi connectivity index (χ2n) is 5.32. The molecule has 19 heavy (non-hydrogen) atoms. The van der Waals surface area contributed by atoms with Gasteiger partial charge in [0.15, 0.2) is 0 Å². The van der Waals surface area contributed by atoms with Gasteiger partial charge in [-0.25, -0.2) is 0 Å². The van der Waals surface area contributed by atoms with Gasteiger partial charge in [-0.15, -0.1) is 11.3 Å². The van der Waals surface area contributed by atoms with Crippen molar-refractivity contribution in [3.05, 3.63) is 51.5 Å². The summed E-state index contributed by atoms with van der Waals surface area (Å²) in [5.74, 6) is 0. The fraction of sp³-hybridized carbons (Fsp3) is 0.438. The number of hydrogen-bond acceptors (Lipinski definition) is 3. The highest BCUT2D eigenvalue weighted by Gasteiger charge is 2.12. The van der Waals surface area contributed by atoms with E-state index in [-0.39, 0.29) is 0 Å². The number of thiophene rings is 1. The van der Waals surface area contributed by atoms with Crippen LogP contribution in [-0.4, -0.2) is 23.0 Å². The minimum atomic E-state index is 0.496. The molecule has 2 rings (SSSR count). The Morgan fingerprint density at radius 2 is 2.11 bits per heavy atom. The average molecular weight is 274 g/mol. The molecule has 0 aromatic carbocycles. The maximum atomic E-state index is 4.45. The van der Waals surface area contributed by atoms with E-state index in [1.165, 1.54) is 21.7 Å². The third-order valence-corrected chi connectivity index (χ3v) is 4.60. The SMILES string of the molecule is Cc1ccnc(C[C@H](C)N(C)Cc2sccc2C)c1. The van der Waals surface area contributed by atoms with Crippen molar-refractivity contribution in [3.63, 3.8) is 0 Å². The molecule has 102 valence electrons. The Hall–Kier alpha value is -1.19. The average Bonchev–Trinajstić information content (AvgIpc) is 2.75. The Kier molecular flexibility index (Phi) is 4.72. The molecular weight excluding hydrogens is 252 g/mol. The molecule has 0 aliphatic rings. The monoisotopic (exact) mass is 274 g/mol. The molecule has 0 aliphatic carbocycles. The van der Waals surface area contributed by atoms with Crippen molar-refractivity contribution in [1.29, 1.82) is 0 Å². The summed E-state index contributed by atoms with van der Waals surface area (Å²) in [6.45, 7) is 7.60. The smallest absolute Gasteiger partial charge is 0.0421 e. The minimum Gasteiger partial charge on any atom is -0.298 e. The second kappa shape index (κ2) is 6.31. The van der Waals surface area contributed by atoms with Crippen molar-refractivity contribution < 1.29 is 0 Å². The molecule has 2 aromatic rings. The molecule has 0 fully saturated rings. The summed E-state index contributed by atoms with van der Waals surface area (Å²) in [6.07, 6.45) is 2.91. The molecular formula is C16H22N2S. The molecule has 0 N–H and O–H groups in total. The van der Waals surface area contributed by atoms with E-state index < -0.39 is 0 Å². The van der Waals surface area contributed by atoms with E-state index >= 15 is 0 Å². The minimum absolute atomic E-state index is 0.496. The molecule has 2 heterocycles. The molecule has 0 radical (unpaired) electrons. The lowest BCUT2D eigenvalue weighted by Gasteiger charge is -2.24. The largest absolute Gasteiger partial charge is 0.298 e. The Labute approximate surface area is 120 Å². The van der Waals surface area contributed by atoms with Crippen LogP contribution in [0.3, 0.4) is 0 Å². The predicted octanol–water partition coefficient (Wildman–Crippen LogP) is 3.82. The van der Waals surface area contributed by atoms with Gasteiger partial charge in [-0.05, 0) is 62.5 Å². The van der Waals surface area contributed by atoms with Crippen LogP contribution in [0.4, 0.5) is 0 Å². The normalized spacial score (nSPS) is 12.9. The Balaban J connectivity index is 1.96. The van der Waals surface area contributed by atoms with Gasteiger partial charge in [-0.1, -0.05) is 0 Å². The van der Waals surface area contributed by atoms with Gasteiger partial charge in [-0.2, -0.15) is 0 Å². The first-order valence-corrected chi connectivity index (χ1v) is 7.59. The zero-order valence-corrected chi connectivity index (χ0v) is 13.0. The first kappa shape index (κ1) is 14.2. The van der Waals surface area contributed by atoms with Gasteiger partial charge in [0.1, 0.15) is 0 Å². The van der Waals surface area contributed by atoms with Crippen molar-refractivity contribution in [1.82, 2.24) is 9.88 Å². The number of hydrogen-bond donors (Lipinski definition) is 0. The Morgan fingerprint density at radius 3 is 2.74 bits per heavy atom. The number of nitrogens with zero attached hydrogens (tertiary/aromatic N) is 2. The molecule has 0 spiro atoms. The van der Waals surface area contributed by atoms with Crippen molar-refractivity contribution in [2.45, 2.75) is 39.8 Å². The van der Waals surface area contributed by atoms with E-state index in [2.05, 4.69) is 55.2 Å². The van der Waals surface area contributed by atoms with Crippen LogP contribution in [0.2, 0.25) is 0 Å². The molecule has 0 unspecified atom stereocenters. The van der Waals surface area contributed by atoms with Crippen molar-refractivity contribution in [3.8, 4) is 0 Å². The molecule has 3 heteroatoms. The molecule has 1 atom stereocenters. The summed E-state index contributed by atoms with van der Waals surface area (Å²) in [5.41, 5.74) is 3.87. The standard InChI is InChI=1S/C16H22N2S/c1-12-5-7-17-15(9-12)10-14(3)18(4)11-16-13(2)6-8-19-16/h5-9,14H,10-11H2,1-4H3/t14-/m0/s1. The zero-order chi connectivity index (χ0) is 13.8. The van der Waals surface area contributed by atoms with Gasteiger partial charge in [-0.3, -0.25) is 9.88 Å². The van der Waals surface area contributed by atoms with Gasteiger partial charge >= 0.3 is 0 Å². The van der Waals surface area contributed by atoms with Gasteiger partial charge in [0.2, 0.25) is 0 Å². The quantitative estimate of drug-likeness (QED) is 0.824. The van der Waals surface area contributed by atoms with E-state index in [0.717, 1.165) is 13.0 Å². The van der Waals surface area contributed by atoms with Crippen LogP contribution in [0.15, 0.2) is 29.8 Å². The fourth-order valence-corrected chi connectivity index (χ4v) is 3.09. The van der Waals surface area contributed by atoms with Crippen LogP contribution in [0.5, 0.6) is 0 Å². The summed E-state index contributed by atoms with van der Waals surface area (Å²) in [7, 11) is 2.19. The highest BCUT2D eigenvalue weighted by atomic mass is 32.1. The van der Waals surface area contributed by atoms with Gasteiger partial charge in [0, 0.05) is 35.8 Å². The maximum Gasteiger partial charge on any atom is 0.0421 e. The van der Waals surface area contributed by atoms with Crippen molar-refractivity contribution >= 4 is 11.3 Å². The van der Waals surface area contributed by atoms with E-state index in [9.17, 15) is 0 Å². The Morgan fingerprint density at radius 1 is 1.32 bits per heavy atom. The lowest BCUT2D eigenvalue weighted by Crippen LogP contribution is -2.30. The third kappa shape index (κ3) is 3.88. The van der Waals surface area contributed by atoms with Gasteiger partial charge in [0.25, 0.3) is 0 Å². The summed E-state index contributed by atoms with van der Waals surface area (Å²) in [5, 5.41) is 2.17.